The van der Waals surface area contributed by atoms with Crippen LogP contribution in [0.4, 0.5) is 0 Å². The second kappa shape index (κ2) is 5.52. The van der Waals surface area contributed by atoms with Crippen LogP contribution in [0.2, 0.25) is 0 Å². The van der Waals surface area contributed by atoms with Gasteiger partial charge in [-0.1, -0.05) is 13.8 Å². The fraction of sp³-hybridized carbons (Fsp3) is 0.692. The number of rotatable bonds is 4. The summed E-state index contributed by atoms with van der Waals surface area (Å²) in [6, 6.07) is 1.78. The molecular formula is C13H21NO3S2. The molecule has 6 heteroatoms. The molecular weight excluding hydrogens is 282 g/mol. The first-order chi connectivity index (χ1) is 8.87. The summed E-state index contributed by atoms with van der Waals surface area (Å²) in [6.45, 7) is 6.48. The second-order valence-corrected chi connectivity index (χ2v) is 8.65. The van der Waals surface area contributed by atoms with Gasteiger partial charge in [0.2, 0.25) is 0 Å². The van der Waals surface area contributed by atoms with Gasteiger partial charge >= 0.3 is 0 Å². The zero-order valence-electron chi connectivity index (χ0n) is 11.6. The predicted octanol–water partition coefficient (Wildman–Crippen LogP) is 2.36. The number of aryl methyl sites for hydroxylation is 1. The Balaban J connectivity index is 2.36. The highest BCUT2D eigenvalue weighted by atomic mass is 32.2. The molecule has 108 valence electrons. The summed E-state index contributed by atoms with van der Waals surface area (Å²) in [7, 11) is -3.40. The Morgan fingerprint density at radius 3 is 2.74 bits per heavy atom. The third kappa shape index (κ3) is 2.72. The summed E-state index contributed by atoms with van der Waals surface area (Å²) >= 11 is 1.19. The van der Waals surface area contributed by atoms with Crippen molar-refractivity contribution in [3.63, 3.8) is 0 Å². The van der Waals surface area contributed by atoms with E-state index < -0.39 is 10.0 Å². The van der Waals surface area contributed by atoms with Gasteiger partial charge in [0.15, 0.2) is 0 Å². The van der Waals surface area contributed by atoms with Crippen molar-refractivity contribution in [3.05, 3.63) is 16.5 Å². The molecule has 1 aromatic heterocycles. The van der Waals surface area contributed by atoms with E-state index in [1.165, 1.54) is 11.3 Å². The van der Waals surface area contributed by atoms with E-state index in [9.17, 15) is 13.5 Å². The molecule has 0 saturated carbocycles. The zero-order chi connectivity index (χ0) is 14.2. The fourth-order valence-corrected chi connectivity index (χ4v) is 6.02. The highest BCUT2D eigenvalue weighted by molar-refractivity contribution is 7.91. The van der Waals surface area contributed by atoms with E-state index in [4.69, 9.17) is 0 Å². The van der Waals surface area contributed by atoms with Crippen LogP contribution in [0.1, 0.15) is 37.1 Å². The summed E-state index contributed by atoms with van der Waals surface area (Å²) in [6.07, 6.45) is 1.87. The number of hydrogen-bond donors (Lipinski definition) is 1. The van der Waals surface area contributed by atoms with Crippen molar-refractivity contribution >= 4 is 21.4 Å². The largest absolute Gasteiger partial charge is 0.391 e. The van der Waals surface area contributed by atoms with Gasteiger partial charge in [0.05, 0.1) is 6.61 Å². The molecule has 1 aliphatic heterocycles. The molecule has 0 aromatic carbocycles. The first-order valence-electron chi connectivity index (χ1n) is 6.60. The fourth-order valence-electron chi connectivity index (χ4n) is 2.62. The molecule has 2 heterocycles. The molecule has 2 rings (SSSR count). The highest BCUT2D eigenvalue weighted by Crippen LogP contribution is 2.34. The number of aliphatic hydroxyl groups excluding tert-OH is 1. The highest BCUT2D eigenvalue weighted by Gasteiger charge is 2.37. The Labute approximate surface area is 119 Å². The Kier molecular flexibility index (Phi) is 4.35. The van der Waals surface area contributed by atoms with Gasteiger partial charge in [0.1, 0.15) is 4.21 Å². The number of aliphatic hydroxyl groups is 1. The number of nitrogens with zero attached hydrogens (tertiary/aromatic N) is 1. The zero-order valence-corrected chi connectivity index (χ0v) is 13.2. The van der Waals surface area contributed by atoms with E-state index in [1.54, 1.807) is 10.4 Å². The van der Waals surface area contributed by atoms with Crippen LogP contribution >= 0.6 is 11.3 Å². The average Bonchev–Trinajstić information content (AvgIpc) is 2.94. The molecule has 0 bridgehead atoms. The number of sulfonamides is 1. The van der Waals surface area contributed by atoms with Crippen molar-refractivity contribution in [1.29, 1.82) is 0 Å². The van der Waals surface area contributed by atoms with Gasteiger partial charge in [-0.25, -0.2) is 8.42 Å². The molecule has 1 atom stereocenters. The van der Waals surface area contributed by atoms with Crippen molar-refractivity contribution in [2.75, 3.05) is 6.54 Å². The monoisotopic (exact) mass is 303 g/mol. The Morgan fingerprint density at radius 1 is 1.53 bits per heavy atom. The van der Waals surface area contributed by atoms with E-state index in [1.807, 2.05) is 6.92 Å². The van der Waals surface area contributed by atoms with E-state index >= 15 is 0 Å². The molecule has 1 N–H and O–H groups in total. The maximum atomic E-state index is 12.7. The lowest BCUT2D eigenvalue weighted by Crippen LogP contribution is -2.38. The smallest absolute Gasteiger partial charge is 0.252 e. The van der Waals surface area contributed by atoms with Crippen LogP contribution in [0, 0.1) is 12.8 Å². The normalized spacial score (nSPS) is 21.4. The minimum atomic E-state index is -3.40. The van der Waals surface area contributed by atoms with Crippen molar-refractivity contribution in [1.82, 2.24) is 4.31 Å². The minimum absolute atomic E-state index is 0.0976. The molecule has 1 fully saturated rings. The van der Waals surface area contributed by atoms with Crippen LogP contribution in [0.15, 0.2) is 10.3 Å². The predicted molar refractivity (Wildman–Crippen MR) is 76.7 cm³/mol. The Hall–Kier alpha value is -0.430. The molecule has 0 spiro atoms. The summed E-state index contributed by atoms with van der Waals surface area (Å²) in [5, 5.41) is 9.21. The van der Waals surface area contributed by atoms with E-state index in [-0.39, 0.29) is 12.6 Å². The molecule has 1 aromatic rings. The van der Waals surface area contributed by atoms with Gasteiger partial charge < -0.3 is 5.11 Å². The molecule has 4 nitrogen and oxygen atoms in total. The number of hydrogen-bond acceptors (Lipinski definition) is 4. The summed E-state index contributed by atoms with van der Waals surface area (Å²) in [5.41, 5.74) is 0.853. The molecule has 1 saturated heterocycles. The van der Waals surface area contributed by atoms with Crippen LogP contribution in [-0.4, -0.2) is 30.4 Å². The van der Waals surface area contributed by atoms with Crippen LogP contribution in [-0.2, 0) is 16.6 Å². The van der Waals surface area contributed by atoms with Gasteiger partial charge in [0, 0.05) is 17.5 Å². The molecule has 1 aliphatic rings. The lowest BCUT2D eigenvalue weighted by Gasteiger charge is -2.26. The molecule has 0 amide bonds. The quantitative estimate of drug-likeness (QED) is 0.929. The van der Waals surface area contributed by atoms with Crippen LogP contribution in [0.5, 0.6) is 0 Å². The Morgan fingerprint density at radius 2 is 2.21 bits per heavy atom. The SMILES string of the molecule is Cc1cc(S(=O)(=O)N2CCCC2C(C)C)sc1CO. The van der Waals surface area contributed by atoms with Crippen molar-refractivity contribution in [2.45, 2.75) is 50.5 Å². The van der Waals surface area contributed by atoms with Gasteiger partial charge in [-0.05, 0) is 37.3 Å². The van der Waals surface area contributed by atoms with Crippen LogP contribution in [0.3, 0.4) is 0 Å². The summed E-state index contributed by atoms with van der Waals surface area (Å²) in [4.78, 5) is 0.735. The van der Waals surface area contributed by atoms with Crippen LogP contribution < -0.4 is 0 Å². The van der Waals surface area contributed by atoms with Gasteiger partial charge in [-0.2, -0.15) is 4.31 Å². The van der Waals surface area contributed by atoms with Crippen molar-refractivity contribution in [3.8, 4) is 0 Å². The van der Waals surface area contributed by atoms with Gasteiger partial charge in [-0.15, -0.1) is 11.3 Å². The van der Waals surface area contributed by atoms with E-state index in [2.05, 4.69) is 13.8 Å². The third-order valence-corrected chi connectivity index (χ3v) is 7.32. The minimum Gasteiger partial charge on any atom is -0.391 e. The molecule has 19 heavy (non-hydrogen) atoms. The molecule has 1 unspecified atom stereocenters. The van der Waals surface area contributed by atoms with Gasteiger partial charge in [0.25, 0.3) is 10.0 Å². The summed E-state index contributed by atoms with van der Waals surface area (Å²) in [5.74, 6) is 0.329. The third-order valence-electron chi connectivity index (χ3n) is 3.72. The van der Waals surface area contributed by atoms with Crippen LogP contribution in [0.25, 0.3) is 0 Å². The topological polar surface area (TPSA) is 57.6 Å². The first-order valence-corrected chi connectivity index (χ1v) is 8.85. The Bertz CT molecular complexity index is 548. The maximum Gasteiger partial charge on any atom is 0.252 e. The molecule has 0 aliphatic carbocycles. The average molecular weight is 303 g/mol. The lowest BCUT2D eigenvalue weighted by atomic mass is 10.0. The van der Waals surface area contributed by atoms with E-state index in [0.29, 0.717) is 16.7 Å². The lowest BCUT2D eigenvalue weighted by molar-refractivity contribution is 0.285. The van der Waals surface area contributed by atoms with Crippen molar-refractivity contribution in [2.24, 2.45) is 5.92 Å². The summed E-state index contributed by atoms with van der Waals surface area (Å²) < 4.78 is 27.4. The molecule has 0 radical (unpaired) electrons. The maximum absolute atomic E-state index is 12.7. The second-order valence-electron chi connectivity index (χ2n) is 5.40. The van der Waals surface area contributed by atoms with E-state index in [0.717, 1.165) is 23.3 Å². The van der Waals surface area contributed by atoms with Gasteiger partial charge in [-0.3, -0.25) is 0 Å². The first kappa shape index (κ1) is 15.0. The van der Waals surface area contributed by atoms with Crippen molar-refractivity contribution < 1.29 is 13.5 Å². The number of thiophene rings is 1. The standard InChI is InChI=1S/C13H21NO3S2/c1-9(2)11-5-4-6-14(11)19(16,17)13-7-10(3)12(8-15)18-13/h7,9,11,15H,4-6,8H2,1-3H3.